The standard InChI is InChI=1S/C17H20FN3O2/c1-10(2)13-14(15(18)20-16(19-13)11(3)4)23-21-17(22)12-8-6-5-7-9-12/h5-11H,1-4H3,(H,21,22). The van der Waals surface area contributed by atoms with Gasteiger partial charge in [-0.3, -0.25) is 4.79 Å². The number of aromatic nitrogens is 2. The Balaban J connectivity index is 2.24. The van der Waals surface area contributed by atoms with Crippen molar-refractivity contribution in [3.8, 4) is 5.75 Å². The van der Waals surface area contributed by atoms with E-state index in [2.05, 4.69) is 15.4 Å². The van der Waals surface area contributed by atoms with Gasteiger partial charge in [-0.25, -0.2) is 9.97 Å². The number of halogens is 1. The molecule has 1 aromatic carbocycles. The molecule has 23 heavy (non-hydrogen) atoms. The lowest BCUT2D eigenvalue weighted by Gasteiger charge is -2.15. The van der Waals surface area contributed by atoms with Crippen LogP contribution in [0.2, 0.25) is 0 Å². The third kappa shape index (κ3) is 4.03. The summed E-state index contributed by atoms with van der Waals surface area (Å²) in [7, 11) is 0. The molecule has 5 nitrogen and oxygen atoms in total. The van der Waals surface area contributed by atoms with Crippen LogP contribution in [-0.4, -0.2) is 15.9 Å². The van der Waals surface area contributed by atoms with Gasteiger partial charge in [-0.05, 0) is 18.1 Å². The minimum Gasteiger partial charge on any atom is -0.372 e. The molecule has 6 heteroatoms. The molecule has 2 rings (SSSR count). The zero-order valence-electron chi connectivity index (χ0n) is 13.6. The number of rotatable bonds is 5. The van der Waals surface area contributed by atoms with Gasteiger partial charge in [0.05, 0.1) is 5.69 Å². The van der Waals surface area contributed by atoms with E-state index in [1.807, 2.05) is 27.7 Å². The summed E-state index contributed by atoms with van der Waals surface area (Å²) in [5.41, 5.74) is 3.08. The Morgan fingerprint density at radius 3 is 2.30 bits per heavy atom. The second-order valence-electron chi connectivity index (χ2n) is 5.80. The van der Waals surface area contributed by atoms with Crippen molar-refractivity contribution in [2.24, 2.45) is 0 Å². The summed E-state index contributed by atoms with van der Waals surface area (Å²) in [4.78, 5) is 25.3. The minimum absolute atomic E-state index is 0.00467. The first-order valence-electron chi connectivity index (χ1n) is 7.49. The maximum Gasteiger partial charge on any atom is 0.283 e. The van der Waals surface area contributed by atoms with E-state index in [-0.39, 0.29) is 17.6 Å². The SMILES string of the molecule is CC(C)c1nc(F)c(ONC(=O)c2ccccc2)c(C(C)C)n1. The van der Waals surface area contributed by atoms with Crippen molar-refractivity contribution in [2.45, 2.75) is 39.5 Å². The van der Waals surface area contributed by atoms with Gasteiger partial charge in [0.25, 0.3) is 11.9 Å². The largest absolute Gasteiger partial charge is 0.372 e. The topological polar surface area (TPSA) is 64.1 Å². The van der Waals surface area contributed by atoms with E-state index < -0.39 is 11.9 Å². The predicted octanol–water partition coefficient (Wildman–Crippen LogP) is 3.59. The molecule has 1 heterocycles. The number of carbonyl (C=O) groups is 1. The van der Waals surface area contributed by atoms with Gasteiger partial charge in [-0.15, -0.1) is 0 Å². The Morgan fingerprint density at radius 2 is 1.74 bits per heavy atom. The van der Waals surface area contributed by atoms with Crippen molar-refractivity contribution in [3.05, 3.63) is 53.4 Å². The average molecular weight is 317 g/mol. The molecule has 0 aliphatic rings. The van der Waals surface area contributed by atoms with E-state index in [1.54, 1.807) is 30.3 Å². The van der Waals surface area contributed by atoms with Crippen molar-refractivity contribution < 1.29 is 14.0 Å². The van der Waals surface area contributed by atoms with Gasteiger partial charge in [0.1, 0.15) is 5.82 Å². The molecule has 0 aliphatic heterocycles. The molecule has 1 amide bonds. The Hall–Kier alpha value is -2.50. The molecule has 0 fully saturated rings. The molecule has 0 spiro atoms. The Morgan fingerprint density at radius 1 is 1.09 bits per heavy atom. The van der Waals surface area contributed by atoms with Crippen LogP contribution in [0.25, 0.3) is 0 Å². The van der Waals surface area contributed by atoms with Crippen molar-refractivity contribution in [3.63, 3.8) is 0 Å². The number of hydrogen-bond acceptors (Lipinski definition) is 4. The van der Waals surface area contributed by atoms with Crippen molar-refractivity contribution in [2.75, 3.05) is 0 Å². The lowest BCUT2D eigenvalue weighted by Crippen LogP contribution is -2.28. The first-order chi connectivity index (χ1) is 10.9. The zero-order chi connectivity index (χ0) is 17.0. The normalized spacial score (nSPS) is 10.9. The summed E-state index contributed by atoms with van der Waals surface area (Å²) in [5, 5.41) is 0. The molecular formula is C17H20FN3O2. The summed E-state index contributed by atoms with van der Waals surface area (Å²) in [6.45, 7) is 7.52. The second-order valence-corrected chi connectivity index (χ2v) is 5.80. The van der Waals surface area contributed by atoms with Crippen molar-refractivity contribution >= 4 is 5.91 Å². The number of nitrogens with one attached hydrogen (secondary N) is 1. The zero-order valence-corrected chi connectivity index (χ0v) is 13.6. The van der Waals surface area contributed by atoms with Crippen LogP contribution in [0.4, 0.5) is 4.39 Å². The van der Waals surface area contributed by atoms with Crippen LogP contribution in [0.3, 0.4) is 0 Å². The van der Waals surface area contributed by atoms with Gasteiger partial charge in [-0.1, -0.05) is 45.9 Å². The summed E-state index contributed by atoms with van der Waals surface area (Å²) >= 11 is 0. The van der Waals surface area contributed by atoms with Crippen LogP contribution in [0.1, 0.15) is 61.4 Å². The van der Waals surface area contributed by atoms with Crippen molar-refractivity contribution in [1.29, 1.82) is 0 Å². The molecule has 0 saturated heterocycles. The Bertz CT molecular complexity index is 688. The molecule has 0 bridgehead atoms. The first kappa shape index (κ1) is 16.9. The third-order valence-electron chi connectivity index (χ3n) is 3.21. The highest BCUT2D eigenvalue weighted by molar-refractivity contribution is 5.93. The third-order valence-corrected chi connectivity index (χ3v) is 3.21. The molecule has 0 radical (unpaired) electrons. The quantitative estimate of drug-likeness (QED) is 0.676. The fourth-order valence-electron chi connectivity index (χ4n) is 1.95. The predicted molar refractivity (Wildman–Crippen MR) is 84.7 cm³/mol. The monoisotopic (exact) mass is 317 g/mol. The van der Waals surface area contributed by atoms with E-state index in [4.69, 9.17) is 4.84 Å². The van der Waals surface area contributed by atoms with E-state index in [0.29, 0.717) is 17.1 Å². The molecule has 0 aliphatic carbocycles. The van der Waals surface area contributed by atoms with Crippen molar-refractivity contribution in [1.82, 2.24) is 15.4 Å². The molecule has 1 N–H and O–H groups in total. The van der Waals surface area contributed by atoms with Crippen LogP contribution in [0.15, 0.2) is 30.3 Å². The highest BCUT2D eigenvalue weighted by atomic mass is 19.1. The minimum atomic E-state index is -0.777. The molecule has 0 unspecified atom stereocenters. The van der Waals surface area contributed by atoms with Crippen LogP contribution < -0.4 is 10.3 Å². The molecule has 122 valence electrons. The highest BCUT2D eigenvalue weighted by Crippen LogP contribution is 2.27. The van der Waals surface area contributed by atoms with Gasteiger partial charge in [0, 0.05) is 11.5 Å². The van der Waals surface area contributed by atoms with Gasteiger partial charge in [0.2, 0.25) is 5.75 Å². The first-order valence-corrected chi connectivity index (χ1v) is 7.49. The fraction of sp³-hybridized carbons (Fsp3) is 0.353. The molecule has 1 aromatic heterocycles. The smallest absolute Gasteiger partial charge is 0.283 e. The van der Waals surface area contributed by atoms with Gasteiger partial charge in [-0.2, -0.15) is 9.87 Å². The number of hydrogen-bond donors (Lipinski definition) is 1. The second kappa shape index (κ2) is 7.17. The fourth-order valence-corrected chi connectivity index (χ4v) is 1.95. The lowest BCUT2D eigenvalue weighted by atomic mass is 10.1. The lowest BCUT2D eigenvalue weighted by molar-refractivity contribution is 0.0745. The number of carbonyl (C=O) groups excluding carboxylic acids is 1. The number of nitrogens with zero attached hydrogens (tertiary/aromatic N) is 2. The van der Waals surface area contributed by atoms with E-state index in [9.17, 15) is 9.18 Å². The number of hydroxylamine groups is 1. The van der Waals surface area contributed by atoms with E-state index >= 15 is 0 Å². The molecule has 2 aromatic rings. The van der Waals surface area contributed by atoms with E-state index in [0.717, 1.165) is 0 Å². The highest BCUT2D eigenvalue weighted by Gasteiger charge is 2.21. The summed E-state index contributed by atoms with van der Waals surface area (Å²) in [5.74, 6) is -1.06. The summed E-state index contributed by atoms with van der Waals surface area (Å²) in [6.07, 6.45) is 0. The molecular weight excluding hydrogens is 297 g/mol. The Labute approximate surface area is 134 Å². The van der Waals surface area contributed by atoms with Crippen LogP contribution in [-0.2, 0) is 0 Å². The molecule has 0 atom stereocenters. The summed E-state index contributed by atoms with van der Waals surface area (Å²) < 4.78 is 14.3. The van der Waals surface area contributed by atoms with Crippen LogP contribution in [0.5, 0.6) is 5.75 Å². The maximum absolute atomic E-state index is 14.3. The Kier molecular flexibility index (Phi) is 5.26. The average Bonchev–Trinajstić information content (AvgIpc) is 2.53. The van der Waals surface area contributed by atoms with Gasteiger partial charge < -0.3 is 4.84 Å². The summed E-state index contributed by atoms with van der Waals surface area (Å²) in [6, 6.07) is 8.53. The van der Waals surface area contributed by atoms with Gasteiger partial charge >= 0.3 is 0 Å². The maximum atomic E-state index is 14.3. The van der Waals surface area contributed by atoms with Gasteiger partial charge in [0.15, 0.2) is 0 Å². The van der Waals surface area contributed by atoms with Crippen LogP contribution >= 0.6 is 0 Å². The number of benzene rings is 1. The number of amides is 1. The van der Waals surface area contributed by atoms with Crippen LogP contribution in [0, 0.1) is 5.95 Å². The molecule has 0 saturated carbocycles. The van der Waals surface area contributed by atoms with E-state index in [1.165, 1.54) is 0 Å².